The van der Waals surface area contributed by atoms with E-state index in [9.17, 15) is 0 Å². The fourth-order valence-corrected chi connectivity index (χ4v) is 2.18. The molecule has 2 rings (SSSR count). The average molecular weight is 285 g/mol. The molecule has 0 saturated carbocycles. The summed E-state index contributed by atoms with van der Waals surface area (Å²) in [5, 5.41) is 0. The predicted molar refractivity (Wildman–Crippen MR) is 84.4 cm³/mol. The van der Waals surface area contributed by atoms with Crippen LogP contribution < -0.4 is 4.74 Å². The van der Waals surface area contributed by atoms with Crippen LogP contribution >= 0.6 is 0 Å². The topological polar surface area (TPSA) is 47.9 Å². The van der Waals surface area contributed by atoms with Crippen molar-refractivity contribution in [3.63, 3.8) is 0 Å². The molecule has 2 heterocycles. The molecule has 0 bridgehead atoms. The Morgan fingerprint density at radius 3 is 2.52 bits per heavy atom. The van der Waals surface area contributed by atoms with Gasteiger partial charge in [-0.15, -0.1) is 0 Å². The highest BCUT2D eigenvalue weighted by Crippen LogP contribution is 2.19. The molecule has 0 spiro atoms. The highest BCUT2D eigenvalue weighted by Gasteiger charge is 2.09. The van der Waals surface area contributed by atoms with Gasteiger partial charge in [-0.05, 0) is 31.4 Å². The fraction of sp³-hybridized carbons (Fsp3) is 0.471. The molecular formula is C17H23N3O. The fourth-order valence-electron chi connectivity index (χ4n) is 2.18. The second kappa shape index (κ2) is 7.72. The van der Waals surface area contributed by atoms with E-state index in [1.165, 1.54) is 6.42 Å². The first-order valence-electron chi connectivity index (χ1n) is 7.65. The van der Waals surface area contributed by atoms with Gasteiger partial charge in [-0.25, -0.2) is 9.97 Å². The lowest BCUT2D eigenvalue weighted by Gasteiger charge is -2.07. The van der Waals surface area contributed by atoms with E-state index >= 15 is 0 Å². The number of nitrogens with zero attached hydrogens (tertiary/aromatic N) is 3. The zero-order chi connectivity index (χ0) is 15.1. The third kappa shape index (κ3) is 4.25. The molecule has 0 radical (unpaired) electrons. The molecule has 0 aliphatic rings. The summed E-state index contributed by atoms with van der Waals surface area (Å²) < 4.78 is 5.28. The normalized spacial score (nSPS) is 10.6. The third-order valence-corrected chi connectivity index (χ3v) is 3.29. The van der Waals surface area contributed by atoms with Gasteiger partial charge in [-0.3, -0.25) is 0 Å². The van der Waals surface area contributed by atoms with Gasteiger partial charge in [-0.1, -0.05) is 32.8 Å². The minimum absolute atomic E-state index is 0.601. The molecule has 112 valence electrons. The number of methoxy groups -OCH3 is 1. The van der Waals surface area contributed by atoms with Crippen molar-refractivity contribution in [3.8, 4) is 17.4 Å². The maximum absolute atomic E-state index is 5.28. The van der Waals surface area contributed by atoms with E-state index < -0.39 is 0 Å². The van der Waals surface area contributed by atoms with Crippen LogP contribution in [0.25, 0.3) is 11.5 Å². The number of aryl methyl sites for hydroxylation is 2. The van der Waals surface area contributed by atoms with Gasteiger partial charge in [0.05, 0.1) is 7.11 Å². The van der Waals surface area contributed by atoms with E-state index in [0.717, 1.165) is 42.8 Å². The minimum Gasteiger partial charge on any atom is -0.481 e. The molecule has 0 atom stereocenters. The number of ether oxygens (including phenoxy) is 1. The van der Waals surface area contributed by atoms with Crippen LogP contribution in [0, 0.1) is 0 Å². The first kappa shape index (κ1) is 15.4. The summed E-state index contributed by atoms with van der Waals surface area (Å²) in [4.78, 5) is 13.7. The summed E-state index contributed by atoms with van der Waals surface area (Å²) >= 11 is 0. The molecule has 4 nitrogen and oxygen atoms in total. The third-order valence-electron chi connectivity index (χ3n) is 3.29. The van der Waals surface area contributed by atoms with Gasteiger partial charge in [0.2, 0.25) is 5.88 Å². The van der Waals surface area contributed by atoms with Gasteiger partial charge < -0.3 is 4.74 Å². The van der Waals surface area contributed by atoms with Crippen molar-refractivity contribution in [1.82, 2.24) is 15.0 Å². The molecule has 0 aromatic carbocycles. The van der Waals surface area contributed by atoms with Gasteiger partial charge in [0.25, 0.3) is 0 Å². The molecule has 0 saturated heterocycles. The molecule has 0 aliphatic heterocycles. The standard InChI is InChI=1S/C17H23N3O/c1-4-6-9-13-10-7-11-15(18-13)17-19-14(8-5-2)12-16(20-17)21-3/h7,10-12H,4-6,8-9H2,1-3H3. The number of aromatic nitrogens is 3. The number of pyridine rings is 1. The van der Waals surface area contributed by atoms with Crippen molar-refractivity contribution < 1.29 is 4.74 Å². The smallest absolute Gasteiger partial charge is 0.216 e. The van der Waals surface area contributed by atoms with E-state index in [-0.39, 0.29) is 0 Å². The van der Waals surface area contributed by atoms with Crippen LogP contribution in [0.1, 0.15) is 44.5 Å². The largest absolute Gasteiger partial charge is 0.481 e. The van der Waals surface area contributed by atoms with Gasteiger partial charge in [-0.2, -0.15) is 4.98 Å². The van der Waals surface area contributed by atoms with Crippen LogP contribution in [0.3, 0.4) is 0 Å². The average Bonchev–Trinajstić information content (AvgIpc) is 2.53. The predicted octanol–water partition coefficient (Wildman–Crippen LogP) is 3.84. The van der Waals surface area contributed by atoms with Crippen LogP contribution in [-0.4, -0.2) is 22.1 Å². The minimum atomic E-state index is 0.601. The molecule has 0 amide bonds. The highest BCUT2D eigenvalue weighted by molar-refractivity contribution is 5.50. The molecule has 0 aliphatic carbocycles. The summed E-state index contributed by atoms with van der Waals surface area (Å²) in [6.45, 7) is 4.32. The summed E-state index contributed by atoms with van der Waals surface area (Å²) in [7, 11) is 1.63. The number of hydrogen-bond donors (Lipinski definition) is 0. The molecular weight excluding hydrogens is 262 g/mol. The quantitative estimate of drug-likeness (QED) is 0.775. The van der Waals surface area contributed by atoms with E-state index in [1.807, 2.05) is 18.2 Å². The molecule has 4 heteroatoms. The zero-order valence-corrected chi connectivity index (χ0v) is 13.1. The first-order chi connectivity index (χ1) is 10.3. The molecule has 0 unspecified atom stereocenters. The van der Waals surface area contributed by atoms with Gasteiger partial charge in [0.1, 0.15) is 5.69 Å². The van der Waals surface area contributed by atoms with Crippen LogP contribution in [0.4, 0.5) is 0 Å². The second-order valence-corrected chi connectivity index (χ2v) is 5.09. The second-order valence-electron chi connectivity index (χ2n) is 5.09. The van der Waals surface area contributed by atoms with E-state index in [0.29, 0.717) is 11.7 Å². The van der Waals surface area contributed by atoms with Crippen molar-refractivity contribution in [2.45, 2.75) is 46.0 Å². The number of hydrogen-bond acceptors (Lipinski definition) is 4. The molecule has 0 N–H and O–H groups in total. The summed E-state index contributed by atoms with van der Waals surface area (Å²) in [6, 6.07) is 7.94. The summed E-state index contributed by atoms with van der Waals surface area (Å²) in [5.41, 5.74) is 2.91. The Balaban J connectivity index is 2.33. The van der Waals surface area contributed by atoms with Crippen LogP contribution in [0.2, 0.25) is 0 Å². The maximum atomic E-state index is 5.28. The number of unbranched alkanes of at least 4 members (excludes halogenated alkanes) is 1. The van der Waals surface area contributed by atoms with Crippen LogP contribution in [-0.2, 0) is 12.8 Å². The van der Waals surface area contributed by atoms with Gasteiger partial charge in [0.15, 0.2) is 5.82 Å². The van der Waals surface area contributed by atoms with Gasteiger partial charge >= 0.3 is 0 Å². The lowest BCUT2D eigenvalue weighted by atomic mass is 10.2. The Hall–Kier alpha value is -1.97. The first-order valence-corrected chi connectivity index (χ1v) is 7.65. The van der Waals surface area contributed by atoms with Gasteiger partial charge in [0, 0.05) is 17.5 Å². The van der Waals surface area contributed by atoms with Crippen LogP contribution in [0.5, 0.6) is 5.88 Å². The Labute approximate surface area is 126 Å². The van der Waals surface area contributed by atoms with E-state index in [4.69, 9.17) is 4.74 Å². The Morgan fingerprint density at radius 2 is 1.81 bits per heavy atom. The summed E-state index contributed by atoms with van der Waals surface area (Å²) in [5.74, 6) is 1.25. The monoisotopic (exact) mass is 285 g/mol. The molecule has 2 aromatic heterocycles. The maximum Gasteiger partial charge on any atom is 0.216 e. The van der Waals surface area contributed by atoms with E-state index in [2.05, 4.69) is 34.9 Å². The van der Waals surface area contributed by atoms with Crippen molar-refractivity contribution in [3.05, 3.63) is 35.7 Å². The lowest BCUT2D eigenvalue weighted by molar-refractivity contribution is 0.396. The van der Waals surface area contributed by atoms with Crippen molar-refractivity contribution in [2.24, 2.45) is 0 Å². The van der Waals surface area contributed by atoms with Crippen molar-refractivity contribution >= 4 is 0 Å². The SMILES string of the molecule is CCCCc1cccc(-c2nc(CCC)cc(OC)n2)n1. The molecule has 2 aromatic rings. The lowest BCUT2D eigenvalue weighted by Crippen LogP contribution is -2.01. The Morgan fingerprint density at radius 1 is 0.952 bits per heavy atom. The molecule has 0 fully saturated rings. The summed E-state index contributed by atoms with van der Waals surface area (Å²) in [6.07, 6.45) is 5.28. The van der Waals surface area contributed by atoms with Crippen molar-refractivity contribution in [1.29, 1.82) is 0 Å². The van der Waals surface area contributed by atoms with Crippen molar-refractivity contribution in [2.75, 3.05) is 7.11 Å². The van der Waals surface area contributed by atoms with E-state index in [1.54, 1.807) is 7.11 Å². The Kier molecular flexibility index (Phi) is 5.67. The zero-order valence-electron chi connectivity index (χ0n) is 13.1. The Bertz CT molecular complexity index is 584. The highest BCUT2D eigenvalue weighted by atomic mass is 16.5. The van der Waals surface area contributed by atoms with Crippen LogP contribution in [0.15, 0.2) is 24.3 Å². The molecule has 21 heavy (non-hydrogen) atoms. The number of rotatable bonds is 7.